The lowest BCUT2D eigenvalue weighted by atomic mass is 10.1. The molecule has 0 aliphatic heterocycles. The second kappa shape index (κ2) is 5.32. The molecule has 0 saturated carbocycles. The molecule has 114 valence electrons. The van der Waals surface area contributed by atoms with Crippen molar-refractivity contribution in [3.05, 3.63) is 67.0 Å². The van der Waals surface area contributed by atoms with Crippen molar-refractivity contribution in [2.75, 3.05) is 7.11 Å². The van der Waals surface area contributed by atoms with Crippen LogP contribution in [0.4, 0.5) is 0 Å². The Hall–Kier alpha value is -3.01. The van der Waals surface area contributed by atoms with Gasteiger partial charge in [-0.2, -0.15) is 0 Å². The number of aryl methyl sites for hydroxylation is 1. The van der Waals surface area contributed by atoms with Crippen molar-refractivity contribution in [3.8, 4) is 28.3 Å². The summed E-state index contributed by atoms with van der Waals surface area (Å²) in [7, 11) is 3.72. The summed E-state index contributed by atoms with van der Waals surface area (Å²) in [5.74, 6) is 1.78. The van der Waals surface area contributed by atoms with Crippen molar-refractivity contribution in [2.45, 2.75) is 0 Å². The van der Waals surface area contributed by atoms with E-state index in [0.29, 0.717) is 0 Å². The number of imidazole rings is 2. The molecule has 2 aromatic carbocycles. The Morgan fingerprint density at radius 2 is 1.61 bits per heavy atom. The quantitative estimate of drug-likeness (QED) is 0.572. The lowest BCUT2D eigenvalue weighted by Crippen LogP contribution is -1.92. The second-order valence-corrected chi connectivity index (χ2v) is 5.50. The van der Waals surface area contributed by atoms with Gasteiger partial charge < -0.3 is 9.30 Å². The van der Waals surface area contributed by atoms with Crippen molar-refractivity contribution in [1.29, 1.82) is 0 Å². The number of ether oxygens (including phenoxy) is 1. The summed E-state index contributed by atoms with van der Waals surface area (Å²) in [6.07, 6.45) is 4.17. The fourth-order valence-electron chi connectivity index (χ4n) is 2.83. The molecule has 4 heteroatoms. The first-order valence-electron chi connectivity index (χ1n) is 7.50. The molecule has 0 saturated heterocycles. The molecular formula is C19H17N3O. The van der Waals surface area contributed by atoms with E-state index in [0.717, 1.165) is 28.5 Å². The Morgan fingerprint density at radius 1 is 0.870 bits per heavy atom. The van der Waals surface area contributed by atoms with Crippen LogP contribution in [0.3, 0.4) is 0 Å². The van der Waals surface area contributed by atoms with E-state index >= 15 is 0 Å². The number of nitrogens with zero attached hydrogens (tertiary/aromatic N) is 3. The number of fused-ring (bicyclic) bond motifs is 1. The van der Waals surface area contributed by atoms with Crippen molar-refractivity contribution in [3.63, 3.8) is 0 Å². The molecule has 0 bridgehead atoms. The molecule has 0 spiro atoms. The largest absolute Gasteiger partial charge is 0.497 e. The molecule has 0 unspecified atom stereocenters. The maximum absolute atomic E-state index is 5.20. The number of benzene rings is 2. The highest BCUT2D eigenvalue weighted by atomic mass is 16.5. The van der Waals surface area contributed by atoms with Gasteiger partial charge in [0, 0.05) is 25.0 Å². The normalized spacial score (nSPS) is 11.0. The zero-order chi connectivity index (χ0) is 15.8. The molecular weight excluding hydrogens is 286 g/mol. The first-order valence-corrected chi connectivity index (χ1v) is 7.50. The minimum atomic E-state index is 0.851. The average Bonchev–Trinajstić information content (AvgIpc) is 3.16. The predicted octanol–water partition coefficient (Wildman–Crippen LogP) is 4.02. The van der Waals surface area contributed by atoms with Gasteiger partial charge >= 0.3 is 0 Å². The van der Waals surface area contributed by atoms with E-state index in [1.54, 1.807) is 7.11 Å². The van der Waals surface area contributed by atoms with Crippen molar-refractivity contribution in [2.24, 2.45) is 7.05 Å². The van der Waals surface area contributed by atoms with Crippen molar-refractivity contribution in [1.82, 2.24) is 14.0 Å². The van der Waals surface area contributed by atoms with Gasteiger partial charge in [-0.25, -0.2) is 4.98 Å². The standard InChI is InChI=1S/C19H17N3O/c1-21-18(15-6-4-3-5-7-15)13-22-12-17(20-19(21)22)14-8-10-16(23-2)11-9-14/h3-13H,1-2H3. The fourth-order valence-corrected chi connectivity index (χ4v) is 2.83. The van der Waals surface area contributed by atoms with Gasteiger partial charge in [0.15, 0.2) is 0 Å². The molecule has 0 fully saturated rings. The minimum absolute atomic E-state index is 0.851. The molecule has 0 aliphatic rings. The highest BCUT2D eigenvalue weighted by Gasteiger charge is 2.12. The van der Waals surface area contributed by atoms with E-state index < -0.39 is 0 Å². The van der Waals surface area contributed by atoms with Crippen LogP contribution in [0.1, 0.15) is 0 Å². The first kappa shape index (κ1) is 13.6. The van der Waals surface area contributed by atoms with Crippen LogP contribution in [0.25, 0.3) is 28.3 Å². The van der Waals surface area contributed by atoms with Crippen molar-refractivity contribution < 1.29 is 4.74 Å². The van der Waals surface area contributed by atoms with Gasteiger partial charge in [0.05, 0.1) is 18.5 Å². The number of aromatic nitrogens is 3. The topological polar surface area (TPSA) is 31.5 Å². The molecule has 0 radical (unpaired) electrons. The van der Waals surface area contributed by atoms with Gasteiger partial charge in [-0.15, -0.1) is 0 Å². The summed E-state index contributed by atoms with van der Waals surface area (Å²) >= 11 is 0. The molecule has 23 heavy (non-hydrogen) atoms. The summed E-state index contributed by atoms with van der Waals surface area (Å²) in [6, 6.07) is 18.3. The Bertz CT molecular complexity index is 950. The Balaban J connectivity index is 1.77. The number of methoxy groups -OCH3 is 1. The number of rotatable bonds is 3. The van der Waals surface area contributed by atoms with E-state index in [4.69, 9.17) is 9.72 Å². The van der Waals surface area contributed by atoms with Gasteiger partial charge in [-0.3, -0.25) is 4.40 Å². The average molecular weight is 303 g/mol. The molecule has 0 amide bonds. The van der Waals surface area contributed by atoms with Gasteiger partial charge in [0.2, 0.25) is 5.78 Å². The highest BCUT2D eigenvalue weighted by molar-refractivity contribution is 5.67. The maximum atomic E-state index is 5.20. The van der Waals surface area contributed by atoms with Crippen LogP contribution in [0.2, 0.25) is 0 Å². The Morgan fingerprint density at radius 3 is 2.26 bits per heavy atom. The summed E-state index contributed by atoms with van der Waals surface area (Å²) in [5.41, 5.74) is 4.37. The van der Waals surface area contributed by atoms with E-state index in [1.165, 1.54) is 5.56 Å². The maximum Gasteiger partial charge on any atom is 0.214 e. The third-order valence-corrected chi connectivity index (χ3v) is 4.09. The fraction of sp³-hybridized carbons (Fsp3) is 0.105. The third kappa shape index (κ3) is 2.28. The Labute approximate surface area is 134 Å². The lowest BCUT2D eigenvalue weighted by Gasteiger charge is -2.02. The molecule has 0 aliphatic carbocycles. The summed E-state index contributed by atoms with van der Waals surface area (Å²) in [5, 5.41) is 0. The van der Waals surface area contributed by atoms with Gasteiger partial charge in [-0.1, -0.05) is 30.3 Å². The van der Waals surface area contributed by atoms with Crippen LogP contribution in [0.15, 0.2) is 67.0 Å². The highest BCUT2D eigenvalue weighted by Crippen LogP contribution is 2.26. The van der Waals surface area contributed by atoms with Gasteiger partial charge in [0.25, 0.3) is 0 Å². The van der Waals surface area contributed by atoms with E-state index in [1.807, 2.05) is 49.5 Å². The first-order chi connectivity index (χ1) is 11.3. The molecule has 4 rings (SSSR count). The van der Waals surface area contributed by atoms with Crippen LogP contribution in [-0.2, 0) is 7.05 Å². The smallest absolute Gasteiger partial charge is 0.214 e. The van der Waals surface area contributed by atoms with E-state index in [-0.39, 0.29) is 0 Å². The predicted molar refractivity (Wildman–Crippen MR) is 91.6 cm³/mol. The van der Waals surface area contributed by atoms with E-state index in [9.17, 15) is 0 Å². The summed E-state index contributed by atoms with van der Waals surface area (Å²) in [4.78, 5) is 4.77. The van der Waals surface area contributed by atoms with E-state index in [2.05, 4.69) is 33.5 Å². The SMILES string of the molecule is COc1ccc(-c2cn3cc(-c4ccccc4)n(C)c3n2)cc1. The molecule has 2 heterocycles. The number of hydrogen-bond acceptors (Lipinski definition) is 2. The second-order valence-electron chi connectivity index (χ2n) is 5.50. The summed E-state index contributed by atoms with van der Waals surface area (Å²) < 4.78 is 9.39. The lowest BCUT2D eigenvalue weighted by molar-refractivity contribution is 0.415. The Kier molecular flexibility index (Phi) is 3.15. The van der Waals surface area contributed by atoms with Crippen LogP contribution < -0.4 is 4.74 Å². The number of hydrogen-bond donors (Lipinski definition) is 0. The molecule has 0 N–H and O–H groups in total. The minimum Gasteiger partial charge on any atom is -0.497 e. The molecule has 4 aromatic rings. The zero-order valence-corrected chi connectivity index (χ0v) is 13.1. The van der Waals surface area contributed by atoms with Crippen LogP contribution >= 0.6 is 0 Å². The van der Waals surface area contributed by atoms with Gasteiger partial charge in [-0.05, 0) is 29.8 Å². The monoisotopic (exact) mass is 303 g/mol. The molecule has 0 atom stereocenters. The van der Waals surface area contributed by atoms with Gasteiger partial charge in [0.1, 0.15) is 5.75 Å². The van der Waals surface area contributed by atoms with Crippen LogP contribution in [0.5, 0.6) is 5.75 Å². The van der Waals surface area contributed by atoms with Crippen molar-refractivity contribution >= 4 is 5.78 Å². The molecule has 4 nitrogen and oxygen atoms in total. The molecule has 2 aromatic heterocycles. The third-order valence-electron chi connectivity index (χ3n) is 4.09. The zero-order valence-electron chi connectivity index (χ0n) is 13.1. The van der Waals surface area contributed by atoms with Crippen LogP contribution in [0, 0.1) is 0 Å². The summed E-state index contributed by atoms with van der Waals surface area (Å²) in [6.45, 7) is 0. The van der Waals surface area contributed by atoms with Crippen LogP contribution in [-0.4, -0.2) is 21.1 Å².